The van der Waals surface area contributed by atoms with Gasteiger partial charge in [-0.15, -0.1) is 12.4 Å². The lowest BCUT2D eigenvalue weighted by molar-refractivity contribution is -0.129. The molecule has 1 aromatic heterocycles. The summed E-state index contributed by atoms with van der Waals surface area (Å²) in [7, 11) is 0. The first-order valence-electron chi connectivity index (χ1n) is 7.08. The molecule has 0 bridgehead atoms. The van der Waals surface area contributed by atoms with Crippen LogP contribution in [-0.2, 0) is 11.2 Å². The van der Waals surface area contributed by atoms with E-state index in [1.807, 2.05) is 24.0 Å². The second kappa shape index (κ2) is 6.10. The lowest BCUT2D eigenvalue weighted by atomic mass is 9.98. The van der Waals surface area contributed by atoms with Crippen LogP contribution in [0.25, 0.3) is 0 Å². The molecule has 2 heterocycles. The van der Waals surface area contributed by atoms with Crippen LogP contribution in [-0.4, -0.2) is 34.9 Å². The summed E-state index contributed by atoms with van der Waals surface area (Å²) in [6, 6.07) is 4.24. The van der Waals surface area contributed by atoms with Crippen molar-refractivity contribution in [2.45, 2.75) is 32.2 Å². The van der Waals surface area contributed by atoms with Gasteiger partial charge in [0.1, 0.15) is 0 Å². The molecule has 3 unspecified atom stereocenters. The third kappa shape index (κ3) is 2.96. The van der Waals surface area contributed by atoms with Crippen LogP contribution in [0.1, 0.15) is 24.1 Å². The van der Waals surface area contributed by atoms with E-state index in [-0.39, 0.29) is 18.3 Å². The summed E-state index contributed by atoms with van der Waals surface area (Å²) in [5.74, 6) is 1.38. The Morgan fingerprint density at radius 1 is 1.40 bits per heavy atom. The Balaban J connectivity index is 0.00000147. The highest BCUT2D eigenvalue weighted by molar-refractivity contribution is 5.85. The molecule has 4 nitrogen and oxygen atoms in total. The van der Waals surface area contributed by atoms with E-state index in [1.165, 1.54) is 6.42 Å². The van der Waals surface area contributed by atoms with Gasteiger partial charge in [0.15, 0.2) is 0 Å². The molecule has 2 aliphatic rings. The van der Waals surface area contributed by atoms with E-state index < -0.39 is 0 Å². The molecule has 2 fully saturated rings. The molecule has 1 saturated heterocycles. The van der Waals surface area contributed by atoms with Crippen molar-refractivity contribution in [2.24, 2.45) is 17.6 Å². The molecule has 1 amide bonds. The van der Waals surface area contributed by atoms with E-state index in [9.17, 15) is 4.79 Å². The normalized spacial score (nSPS) is 28.1. The van der Waals surface area contributed by atoms with Crippen LogP contribution >= 0.6 is 12.4 Å². The zero-order valence-corrected chi connectivity index (χ0v) is 12.6. The molecule has 20 heavy (non-hydrogen) atoms. The average Bonchev–Trinajstić information content (AvgIpc) is 2.95. The molecule has 1 aliphatic carbocycles. The first-order chi connectivity index (χ1) is 9.13. The number of nitrogens with zero attached hydrogens (tertiary/aromatic N) is 2. The second-order valence-electron chi connectivity index (χ2n) is 5.95. The number of pyridine rings is 1. The van der Waals surface area contributed by atoms with Crippen molar-refractivity contribution in [2.75, 3.05) is 13.1 Å². The first kappa shape index (κ1) is 15.3. The van der Waals surface area contributed by atoms with Gasteiger partial charge in [0, 0.05) is 31.0 Å². The lowest BCUT2D eigenvalue weighted by Crippen LogP contribution is -2.34. The molecule has 1 saturated carbocycles. The van der Waals surface area contributed by atoms with Crippen LogP contribution in [0.15, 0.2) is 18.3 Å². The van der Waals surface area contributed by atoms with Crippen molar-refractivity contribution < 1.29 is 4.79 Å². The van der Waals surface area contributed by atoms with E-state index in [4.69, 9.17) is 5.73 Å². The second-order valence-corrected chi connectivity index (χ2v) is 5.95. The predicted molar refractivity (Wildman–Crippen MR) is 80.7 cm³/mol. The quantitative estimate of drug-likeness (QED) is 0.900. The molecule has 0 spiro atoms. The third-order valence-electron chi connectivity index (χ3n) is 4.59. The molecule has 3 atom stereocenters. The minimum atomic E-state index is 0. The van der Waals surface area contributed by atoms with Crippen molar-refractivity contribution >= 4 is 18.3 Å². The van der Waals surface area contributed by atoms with Gasteiger partial charge in [-0.05, 0) is 43.2 Å². The summed E-state index contributed by atoms with van der Waals surface area (Å²) < 4.78 is 0. The van der Waals surface area contributed by atoms with Gasteiger partial charge in [0.2, 0.25) is 5.91 Å². The fourth-order valence-electron chi connectivity index (χ4n) is 3.40. The molecule has 1 aromatic rings. The van der Waals surface area contributed by atoms with Crippen molar-refractivity contribution in [3.8, 4) is 0 Å². The molecule has 0 radical (unpaired) electrons. The van der Waals surface area contributed by atoms with Crippen LogP contribution < -0.4 is 5.73 Å². The van der Waals surface area contributed by atoms with Gasteiger partial charge < -0.3 is 10.6 Å². The van der Waals surface area contributed by atoms with Crippen molar-refractivity contribution in [3.63, 3.8) is 0 Å². The molecule has 5 heteroatoms. The topological polar surface area (TPSA) is 59.2 Å². The molecule has 3 rings (SSSR count). The van der Waals surface area contributed by atoms with Crippen molar-refractivity contribution in [1.82, 2.24) is 9.88 Å². The van der Waals surface area contributed by atoms with E-state index >= 15 is 0 Å². The van der Waals surface area contributed by atoms with Crippen LogP contribution in [0.4, 0.5) is 0 Å². The van der Waals surface area contributed by atoms with Gasteiger partial charge in [-0.1, -0.05) is 6.07 Å². The smallest absolute Gasteiger partial charge is 0.227 e. The van der Waals surface area contributed by atoms with E-state index in [0.717, 1.165) is 30.8 Å². The Morgan fingerprint density at radius 3 is 2.85 bits per heavy atom. The maximum Gasteiger partial charge on any atom is 0.227 e. The fraction of sp³-hybridized carbons (Fsp3) is 0.600. The maximum absolute atomic E-state index is 12.3. The summed E-state index contributed by atoms with van der Waals surface area (Å²) in [4.78, 5) is 18.5. The zero-order chi connectivity index (χ0) is 13.4. The predicted octanol–water partition coefficient (Wildman–Crippen LogP) is 1.55. The number of aryl methyl sites for hydroxylation is 1. The number of aromatic nitrogens is 1. The Kier molecular flexibility index (Phi) is 4.66. The molecular weight excluding hydrogens is 274 g/mol. The Bertz CT molecular complexity index is 477. The molecular formula is C15H22ClN3O. The van der Waals surface area contributed by atoms with Gasteiger partial charge in [-0.25, -0.2) is 0 Å². The summed E-state index contributed by atoms with van der Waals surface area (Å²) in [5.41, 5.74) is 8.08. The van der Waals surface area contributed by atoms with Gasteiger partial charge in [-0.3, -0.25) is 9.78 Å². The number of halogens is 1. The minimum Gasteiger partial charge on any atom is -0.342 e. The van der Waals surface area contributed by atoms with Gasteiger partial charge in [-0.2, -0.15) is 0 Å². The molecule has 0 aromatic carbocycles. The van der Waals surface area contributed by atoms with Gasteiger partial charge >= 0.3 is 0 Å². The van der Waals surface area contributed by atoms with Crippen LogP contribution in [0, 0.1) is 18.8 Å². The van der Waals surface area contributed by atoms with Crippen LogP contribution in [0.5, 0.6) is 0 Å². The Morgan fingerprint density at radius 2 is 2.20 bits per heavy atom. The van der Waals surface area contributed by atoms with Crippen molar-refractivity contribution in [3.05, 3.63) is 29.6 Å². The fourth-order valence-corrected chi connectivity index (χ4v) is 3.40. The molecule has 1 aliphatic heterocycles. The van der Waals surface area contributed by atoms with E-state index in [2.05, 4.69) is 4.98 Å². The van der Waals surface area contributed by atoms with E-state index in [1.54, 1.807) is 6.20 Å². The highest BCUT2D eigenvalue weighted by atomic mass is 35.5. The number of hydrogen-bond donors (Lipinski definition) is 1. The number of rotatable bonds is 2. The average molecular weight is 296 g/mol. The summed E-state index contributed by atoms with van der Waals surface area (Å²) in [6.07, 6.45) is 4.57. The van der Waals surface area contributed by atoms with Crippen molar-refractivity contribution in [1.29, 1.82) is 0 Å². The molecule has 110 valence electrons. The van der Waals surface area contributed by atoms with E-state index in [0.29, 0.717) is 24.3 Å². The number of nitrogens with two attached hydrogens (primary N) is 1. The first-order valence-corrected chi connectivity index (χ1v) is 7.08. The summed E-state index contributed by atoms with van der Waals surface area (Å²) in [5, 5.41) is 0. The SMILES string of the molecule is Cc1ccc(CC(=O)N2CC3CCC(N)C3C2)cn1.Cl. The monoisotopic (exact) mass is 295 g/mol. The van der Waals surface area contributed by atoms with Crippen LogP contribution in [0.3, 0.4) is 0 Å². The van der Waals surface area contributed by atoms with Gasteiger partial charge in [0.25, 0.3) is 0 Å². The van der Waals surface area contributed by atoms with Crippen LogP contribution in [0.2, 0.25) is 0 Å². The largest absolute Gasteiger partial charge is 0.342 e. The number of likely N-dealkylation sites (tertiary alicyclic amines) is 1. The summed E-state index contributed by atoms with van der Waals surface area (Å²) in [6.45, 7) is 3.70. The molecule has 2 N–H and O–H groups in total. The highest BCUT2D eigenvalue weighted by Crippen LogP contribution is 2.37. The third-order valence-corrected chi connectivity index (χ3v) is 4.59. The number of amides is 1. The summed E-state index contributed by atoms with van der Waals surface area (Å²) >= 11 is 0. The lowest BCUT2D eigenvalue weighted by Gasteiger charge is -2.18. The number of fused-ring (bicyclic) bond motifs is 1. The minimum absolute atomic E-state index is 0. The maximum atomic E-state index is 12.3. The highest BCUT2D eigenvalue weighted by Gasteiger charge is 2.42. The number of carbonyl (C=O) groups is 1. The zero-order valence-electron chi connectivity index (χ0n) is 11.8. The Labute approximate surface area is 126 Å². The Hall–Kier alpha value is -1.13. The standard InChI is InChI=1S/C15H21N3O.ClH/c1-10-2-3-11(7-17-10)6-15(19)18-8-12-4-5-14(16)13(12)9-18;/h2-3,7,12-14H,4-6,8-9,16H2,1H3;1H. The number of carbonyl (C=O) groups excluding carboxylic acids is 1. The van der Waals surface area contributed by atoms with Gasteiger partial charge in [0.05, 0.1) is 6.42 Å². The number of hydrogen-bond acceptors (Lipinski definition) is 3.